The summed E-state index contributed by atoms with van der Waals surface area (Å²) >= 11 is 0. The third-order valence-corrected chi connectivity index (χ3v) is 5.10. The second kappa shape index (κ2) is 6.19. The number of piperidine rings is 1. The van der Waals surface area contributed by atoms with Crippen LogP contribution in [0.4, 0.5) is 4.79 Å². The average Bonchev–Trinajstić information content (AvgIpc) is 3.22. The van der Waals surface area contributed by atoms with Gasteiger partial charge in [0.05, 0.1) is 12.5 Å². The number of urea groups is 1. The first-order valence-electron chi connectivity index (χ1n) is 8.59. The lowest BCUT2D eigenvalue weighted by molar-refractivity contribution is -0.132. The third-order valence-electron chi connectivity index (χ3n) is 5.10. The molecule has 0 radical (unpaired) electrons. The minimum atomic E-state index is 0.00549. The van der Waals surface area contributed by atoms with Crippen LogP contribution in [-0.2, 0) is 11.2 Å². The molecule has 0 spiro atoms. The molecule has 6 heteroatoms. The van der Waals surface area contributed by atoms with Gasteiger partial charge in [0.2, 0.25) is 5.91 Å². The molecule has 0 saturated carbocycles. The summed E-state index contributed by atoms with van der Waals surface area (Å²) in [6.45, 7) is 2.88. The van der Waals surface area contributed by atoms with Crippen LogP contribution in [0.2, 0.25) is 0 Å². The van der Waals surface area contributed by atoms with Gasteiger partial charge in [-0.15, -0.1) is 0 Å². The number of hydrogen-bond donors (Lipinski definition) is 2. The number of aromatic nitrogens is 1. The molecule has 4 rings (SSSR count). The molecule has 2 N–H and O–H groups in total. The molecule has 6 nitrogen and oxygen atoms in total. The van der Waals surface area contributed by atoms with E-state index in [9.17, 15) is 9.59 Å². The number of amides is 3. The van der Waals surface area contributed by atoms with Crippen LogP contribution in [0.5, 0.6) is 0 Å². The molecule has 3 amide bonds. The monoisotopic (exact) mass is 326 g/mol. The third kappa shape index (κ3) is 2.72. The molecule has 2 fully saturated rings. The van der Waals surface area contributed by atoms with E-state index in [-0.39, 0.29) is 18.0 Å². The van der Waals surface area contributed by atoms with Gasteiger partial charge in [0.1, 0.15) is 0 Å². The number of nitrogens with zero attached hydrogens (tertiary/aromatic N) is 2. The quantitative estimate of drug-likeness (QED) is 0.902. The molecule has 1 aromatic heterocycles. The first kappa shape index (κ1) is 15.1. The van der Waals surface area contributed by atoms with E-state index in [0.717, 1.165) is 42.4 Å². The van der Waals surface area contributed by atoms with Crippen molar-refractivity contribution < 1.29 is 9.59 Å². The first-order chi connectivity index (χ1) is 11.7. The van der Waals surface area contributed by atoms with E-state index in [1.165, 1.54) is 0 Å². The van der Waals surface area contributed by atoms with E-state index in [4.69, 9.17) is 0 Å². The maximum Gasteiger partial charge on any atom is 0.317 e. The summed E-state index contributed by atoms with van der Waals surface area (Å²) in [4.78, 5) is 31.6. The summed E-state index contributed by atoms with van der Waals surface area (Å²) in [6.07, 6.45) is 4.26. The van der Waals surface area contributed by atoms with Crippen LogP contribution in [0, 0.1) is 0 Å². The Morgan fingerprint density at radius 1 is 1.25 bits per heavy atom. The summed E-state index contributed by atoms with van der Waals surface area (Å²) in [7, 11) is 0. The van der Waals surface area contributed by atoms with Crippen molar-refractivity contribution in [3.8, 4) is 0 Å². The molecule has 1 aromatic carbocycles. The minimum Gasteiger partial charge on any atom is -0.361 e. The summed E-state index contributed by atoms with van der Waals surface area (Å²) in [5.74, 6) is 0.143. The Morgan fingerprint density at radius 2 is 2.12 bits per heavy atom. The van der Waals surface area contributed by atoms with Crippen molar-refractivity contribution in [2.24, 2.45) is 0 Å². The lowest BCUT2D eigenvalue weighted by Gasteiger charge is -2.37. The number of carbonyl (C=O) groups is 2. The van der Waals surface area contributed by atoms with E-state index >= 15 is 0 Å². The number of H-pyrrole nitrogens is 1. The van der Waals surface area contributed by atoms with E-state index in [2.05, 4.69) is 10.3 Å². The Hall–Kier alpha value is -2.50. The fourth-order valence-electron chi connectivity index (χ4n) is 3.82. The summed E-state index contributed by atoms with van der Waals surface area (Å²) < 4.78 is 0. The van der Waals surface area contributed by atoms with Crippen molar-refractivity contribution in [1.29, 1.82) is 0 Å². The number of rotatable bonds is 3. The number of hydrogen-bond acceptors (Lipinski definition) is 2. The molecule has 2 saturated heterocycles. The van der Waals surface area contributed by atoms with E-state index in [1.807, 2.05) is 40.3 Å². The molecular weight excluding hydrogens is 304 g/mol. The molecule has 0 unspecified atom stereocenters. The highest BCUT2D eigenvalue weighted by Crippen LogP contribution is 2.21. The zero-order chi connectivity index (χ0) is 16.5. The normalized spacial score (nSPS) is 21.3. The second-order valence-electron chi connectivity index (χ2n) is 6.60. The molecule has 0 aliphatic carbocycles. The zero-order valence-electron chi connectivity index (χ0n) is 13.6. The maximum absolute atomic E-state index is 12.7. The number of fused-ring (bicyclic) bond motifs is 1. The van der Waals surface area contributed by atoms with Crippen molar-refractivity contribution in [1.82, 2.24) is 20.1 Å². The molecule has 24 heavy (non-hydrogen) atoms. The topological polar surface area (TPSA) is 68.4 Å². The Kier molecular flexibility index (Phi) is 3.88. The Balaban J connectivity index is 1.45. The summed E-state index contributed by atoms with van der Waals surface area (Å²) in [5, 5.41) is 3.96. The van der Waals surface area contributed by atoms with Gasteiger partial charge in [-0.05, 0) is 24.5 Å². The lowest BCUT2D eigenvalue weighted by Crippen LogP contribution is -2.51. The van der Waals surface area contributed by atoms with Crippen LogP contribution < -0.4 is 5.32 Å². The molecule has 0 bridgehead atoms. The number of nitrogens with one attached hydrogen (secondary N) is 2. The van der Waals surface area contributed by atoms with Crippen molar-refractivity contribution in [3.63, 3.8) is 0 Å². The molecule has 1 atom stereocenters. The fourth-order valence-corrected chi connectivity index (χ4v) is 3.82. The maximum atomic E-state index is 12.7. The molecule has 2 aliphatic rings. The molecule has 2 aromatic rings. The van der Waals surface area contributed by atoms with E-state index in [1.54, 1.807) is 0 Å². The highest BCUT2D eigenvalue weighted by atomic mass is 16.2. The van der Waals surface area contributed by atoms with Gasteiger partial charge in [-0.25, -0.2) is 4.79 Å². The molecule has 2 aliphatic heterocycles. The summed E-state index contributed by atoms with van der Waals surface area (Å²) in [6, 6.07) is 8.20. The number of carbonyl (C=O) groups excluding carboxylic acids is 2. The lowest BCUT2D eigenvalue weighted by atomic mass is 10.0. The van der Waals surface area contributed by atoms with Gasteiger partial charge < -0.3 is 20.1 Å². The smallest absolute Gasteiger partial charge is 0.317 e. The fraction of sp³-hybridized carbons (Fsp3) is 0.444. The van der Waals surface area contributed by atoms with E-state index in [0.29, 0.717) is 19.5 Å². The summed E-state index contributed by atoms with van der Waals surface area (Å²) in [5.41, 5.74) is 2.10. The van der Waals surface area contributed by atoms with Gasteiger partial charge in [0.15, 0.2) is 0 Å². The second-order valence-corrected chi connectivity index (χ2v) is 6.60. The van der Waals surface area contributed by atoms with Crippen LogP contribution >= 0.6 is 0 Å². The van der Waals surface area contributed by atoms with Gasteiger partial charge in [-0.1, -0.05) is 18.2 Å². The van der Waals surface area contributed by atoms with Crippen LogP contribution in [0.1, 0.15) is 18.4 Å². The SMILES string of the molecule is O=C(Cc1c[nH]c2ccccc12)N1CCC[C@H](N2CCNC2=O)C1. The largest absolute Gasteiger partial charge is 0.361 e. The highest BCUT2D eigenvalue weighted by Gasteiger charge is 2.32. The van der Waals surface area contributed by atoms with Gasteiger partial charge in [0.25, 0.3) is 0 Å². The zero-order valence-corrected chi connectivity index (χ0v) is 13.6. The molecule has 126 valence electrons. The minimum absolute atomic E-state index is 0.00549. The van der Waals surface area contributed by atoms with Crippen LogP contribution in [-0.4, -0.2) is 58.9 Å². The molecule has 3 heterocycles. The van der Waals surface area contributed by atoms with E-state index < -0.39 is 0 Å². The Labute approximate surface area is 140 Å². The molecular formula is C18H22N4O2. The number of benzene rings is 1. The Morgan fingerprint density at radius 3 is 2.96 bits per heavy atom. The average molecular weight is 326 g/mol. The highest BCUT2D eigenvalue weighted by molar-refractivity contribution is 5.89. The van der Waals surface area contributed by atoms with Crippen LogP contribution in [0.15, 0.2) is 30.5 Å². The van der Waals surface area contributed by atoms with Crippen LogP contribution in [0.25, 0.3) is 10.9 Å². The van der Waals surface area contributed by atoms with Crippen molar-refractivity contribution in [2.45, 2.75) is 25.3 Å². The van der Waals surface area contributed by atoms with Crippen molar-refractivity contribution in [3.05, 3.63) is 36.0 Å². The van der Waals surface area contributed by atoms with Gasteiger partial charge >= 0.3 is 6.03 Å². The first-order valence-corrected chi connectivity index (χ1v) is 8.59. The van der Waals surface area contributed by atoms with Gasteiger partial charge in [-0.3, -0.25) is 4.79 Å². The van der Waals surface area contributed by atoms with Crippen LogP contribution in [0.3, 0.4) is 0 Å². The van der Waals surface area contributed by atoms with Crippen molar-refractivity contribution >= 4 is 22.8 Å². The predicted molar refractivity (Wildman–Crippen MR) is 91.7 cm³/mol. The number of para-hydroxylation sites is 1. The predicted octanol–water partition coefficient (Wildman–Crippen LogP) is 1.73. The number of likely N-dealkylation sites (tertiary alicyclic amines) is 1. The Bertz CT molecular complexity index is 769. The van der Waals surface area contributed by atoms with Crippen molar-refractivity contribution in [2.75, 3.05) is 26.2 Å². The van der Waals surface area contributed by atoms with Gasteiger partial charge in [0, 0.05) is 43.3 Å². The number of aromatic amines is 1. The standard InChI is InChI=1S/C18H22N4O2/c23-17(10-13-11-20-16-6-2-1-5-15(13)16)21-8-3-4-14(12-21)22-9-7-19-18(22)24/h1-2,5-6,11,14,20H,3-4,7-10,12H2,(H,19,24)/t14-/m0/s1. The van der Waals surface area contributed by atoms with Gasteiger partial charge in [-0.2, -0.15) is 0 Å².